The van der Waals surface area contributed by atoms with E-state index in [0.717, 1.165) is 12.8 Å². The van der Waals surface area contributed by atoms with Crippen molar-refractivity contribution in [3.63, 3.8) is 0 Å². The van der Waals surface area contributed by atoms with E-state index in [0.29, 0.717) is 36.2 Å². The van der Waals surface area contributed by atoms with E-state index >= 15 is 0 Å². The van der Waals surface area contributed by atoms with Crippen LogP contribution in [-0.4, -0.2) is 34.3 Å². The minimum Gasteiger partial charge on any atom is -0.469 e. The molecule has 0 radical (unpaired) electrons. The summed E-state index contributed by atoms with van der Waals surface area (Å²) in [4.78, 5) is 38.0. The van der Waals surface area contributed by atoms with Crippen molar-refractivity contribution in [2.75, 3.05) is 0 Å². The fraction of sp³-hybridized carbons (Fsp3) is 0.571. The Kier molecular flexibility index (Phi) is 5.38. The van der Waals surface area contributed by atoms with Crippen LogP contribution < -0.4 is 0 Å². The molecule has 4 atom stereocenters. The summed E-state index contributed by atoms with van der Waals surface area (Å²) >= 11 is 0. The number of fused-ring (bicyclic) bond motifs is 3. The summed E-state index contributed by atoms with van der Waals surface area (Å²) in [6, 6.07) is 0. The van der Waals surface area contributed by atoms with Gasteiger partial charge in [0.2, 0.25) is 0 Å². The van der Waals surface area contributed by atoms with Gasteiger partial charge >= 0.3 is 5.97 Å². The molecule has 2 heterocycles. The Labute approximate surface area is 158 Å². The number of hydrogen-bond donors (Lipinski definition) is 1. The fourth-order valence-corrected chi connectivity index (χ4v) is 4.05. The van der Waals surface area contributed by atoms with Gasteiger partial charge in [0.1, 0.15) is 17.5 Å². The van der Waals surface area contributed by atoms with Crippen LogP contribution in [0.5, 0.6) is 0 Å². The molecule has 2 aliphatic heterocycles. The molecule has 4 unspecified atom stereocenters. The Balaban J connectivity index is 1.92. The first-order valence-electron chi connectivity index (χ1n) is 9.55. The third-order valence-electron chi connectivity index (χ3n) is 5.46. The van der Waals surface area contributed by atoms with Crippen LogP contribution in [0.2, 0.25) is 0 Å². The lowest BCUT2D eigenvalue weighted by Gasteiger charge is -2.35. The summed E-state index contributed by atoms with van der Waals surface area (Å²) in [5, 5.41) is 9.56. The number of rotatable bonds is 7. The second-order valence-corrected chi connectivity index (χ2v) is 7.73. The van der Waals surface area contributed by atoms with Crippen LogP contribution in [0.3, 0.4) is 0 Å². The van der Waals surface area contributed by atoms with Gasteiger partial charge in [-0.05, 0) is 38.0 Å². The molecule has 146 valence electrons. The minimum absolute atomic E-state index is 0.184. The minimum atomic E-state index is -1.38. The first kappa shape index (κ1) is 19.5. The van der Waals surface area contributed by atoms with Crippen LogP contribution in [0.15, 0.2) is 35.3 Å². The molecule has 0 aromatic carbocycles. The molecule has 0 aromatic heterocycles. The molecule has 6 heteroatoms. The normalized spacial score (nSPS) is 30.3. The van der Waals surface area contributed by atoms with Gasteiger partial charge in [0.05, 0.1) is 18.3 Å². The van der Waals surface area contributed by atoms with Crippen molar-refractivity contribution in [2.45, 2.75) is 64.6 Å². The van der Waals surface area contributed by atoms with E-state index in [1.807, 2.05) is 6.92 Å². The number of carbonyl (C=O) groups excluding carboxylic acids is 3. The second-order valence-electron chi connectivity index (χ2n) is 7.73. The molecule has 1 N–H and O–H groups in total. The standard InChI is InChI=1S/C21H26O6/c1-4-5-6-7-16(23)18-19-15-11-26-14(8-12(2)22)9-13(15)10-17(24)21(19,3)27-20(18)25/h9-12,18-19,22H,4-8H2,1-3H3. The molecule has 0 aromatic rings. The molecule has 0 saturated carbocycles. The smallest absolute Gasteiger partial charge is 0.318 e. The maximum Gasteiger partial charge on any atom is 0.318 e. The quantitative estimate of drug-likeness (QED) is 0.419. The lowest BCUT2D eigenvalue weighted by molar-refractivity contribution is -0.156. The van der Waals surface area contributed by atoms with E-state index in [2.05, 4.69) is 0 Å². The first-order chi connectivity index (χ1) is 12.8. The van der Waals surface area contributed by atoms with Gasteiger partial charge in [-0.2, -0.15) is 0 Å². The Morgan fingerprint density at radius 1 is 1.30 bits per heavy atom. The van der Waals surface area contributed by atoms with Gasteiger partial charge in [0.15, 0.2) is 11.4 Å². The largest absolute Gasteiger partial charge is 0.469 e. The van der Waals surface area contributed by atoms with Gasteiger partial charge in [-0.3, -0.25) is 14.4 Å². The van der Waals surface area contributed by atoms with Crippen LogP contribution >= 0.6 is 0 Å². The maximum atomic E-state index is 12.8. The number of allylic oxidation sites excluding steroid dienone is 2. The number of unbranched alkanes of at least 4 members (excludes halogenated alkanes) is 2. The summed E-state index contributed by atoms with van der Waals surface area (Å²) in [6.07, 6.45) is 7.25. The molecule has 3 aliphatic rings. The molecule has 0 amide bonds. The SMILES string of the molecule is CCCCCC(=O)C1C(=O)OC2(C)C(=O)C=C3C=C(CC(C)O)OC=C3C12. The Morgan fingerprint density at radius 3 is 2.70 bits per heavy atom. The number of ether oxygens (including phenoxy) is 2. The fourth-order valence-electron chi connectivity index (χ4n) is 4.05. The van der Waals surface area contributed by atoms with Crippen LogP contribution in [0, 0.1) is 11.8 Å². The van der Waals surface area contributed by atoms with Gasteiger partial charge < -0.3 is 14.6 Å². The van der Waals surface area contributed by atoms with Crippen molar-refractivity contribution in [2.24, 2.45) is 11.8 Å². The van der Waals surface area contributed by atoms with Crippen molar-refractivity contribution in [1.29, 1.82) is 0 Å². The summed E-state index contributed by atoms with van der Waals surface area (Å²) in [7, 11) is 0. The van der Waals surface area contributed by atoms with E-state index in [-0.39, 0.29) is 11.6 Å². The molecular weight excluding hydrogens is 348 g/mol. The highest BCUT2D eigenvalue weighted by Crippen LogP contribution is 2.50. The maximum absolute atomic E-state index is 12.8. The lowest BCUT2D eigenvalue weighted by Crippen LogP contribution is -2.46. The van der Waals surface area contributed by atoms with Crippen LogP contribution in [0.1, 0.15) is 52.9 Å². The molecular formula is C21H26O6. The predicted octanol–water partition coefficient (Wildman–Crippen LogP) is 2.76. The van der Waals surface area contributed by atoms with Gasteiger partial charge in [0, 0.05) is 18.4 Å². The summed E-state index contributed by atoms with van der Waals surface area (Å²) in [5.74, 6) is -2.28. The van der Waals surface area contributed by atoms with E-state index < -0.39 is 29.5 Å². The van der Waals surface area contributed by atoms with Gasteiger partial charge in [-0.15, -0.1) is 0 Å². The highest BCUT2D eigenvalue weighted by atomic mass is 16.6. The topological polar surface area (TPSA) is 89.9 Å². The highest BCUT2D eigenvalue weighted by molar-refractivity contribution is 6.09. The number of aliphatic hydroxyl groups excluding tert-OH is 1. The molecule has 27 heavy (non-hydrogen) atoms. The molecule has 0 bridgehead atoms. The van der Waals surface area contributed by atoms with Crippen LogP contribution in [0.4, 0.5) is 0 Å². The summed E-state index contributed by atoms with van der Waals surface area (Å²) in [6.45, 7) is 5.26. The Bertz CT molecular complexity index is 757. The molecule has 0 spiro atoms. The van der Waals surface area contributed by atoms with Crippen molar-refractivity contribution in [3.8, 4) is 0 Å². The number of hydrogen-bond acceptors (Lipinski definition) is 6. The molecule has 1 fully saturated rings. The molecule has 1 aliphatic carbocycles. The molecule has 1 saturated heterocycles. The zero-order valence-electron chi connectivity index (χ0n) is 16.0. The first-order valence-corrected chi connectivity index (χ1v) is 9.55. The lowest BCUT2D eigenvalue weighted by atomic mass is 9.67. The predicted molar refractivity (Wildman–Crippen MR) is 97.3 cm³/mol. The van der Waals surface area contributed by atoms with Crippen molar-refractivity contribution >= 4 is 17.5 Å². The average molecular weight is 374 g/mol. The second kappa shape index (κ2) is 7.43. The molecule has 3 rings (SSSR count). The zero-order chi connectivity index (χ0) is 19.8. The van der Waals surface area contributed by atoms with Crippen molar-refractivity contribution in [3.05, 3.63) is 35.3 Å². The van der Waals surface area contributed by atoms with Crippen LogP contribution in [0.25, 0.3) is 0 Å². The molecule has 6 nitrogen and oxygen atoms in total. The zero-order valence-corrected chi connectivity index (χ0v) is 16.0. The number of esters is 1. The van der Waals surface area contributed by atoms with Crippen molar-refractivity contribution < 1.29 is 29.0 Å². The van der Waals surface area contributed by atoms with E-state index in [1.165, 1.54) is 12.3 Å². The Morgan fingerprint density at radius 2 is 2.04 bits per heavy atom. The monoisotopic (exact) mass is 374 g/mol. The average Bonchev–Trinajstić information content (AvgIpc) is 2.86. The number of ketones is 2. The van der Waals surface area contributed by atoms with Gasteiger partial charge in [0.25, 0.3) is 0 Å². The van der Waals surface area contributed by atoms with Gasteiger partial charge in [-0.1, -0.05) is 19.8 Å². The van der Waals surface area contributed by atoms with E-state index in [9.17, 15) is 19.5 Å². The number of aliphatic hydroxyl groups is 1. The summed E-state index contributed by atoms with van der Waals surface area (Å²) < 4.78 is 11.1. The van der Waals surface area contributed by atoms with Gasteiger partial charge in [-0.25, -0.2) is 0 Å². The van der Waals surface area contributed by atoms with Crippen LogP contribution in [-0.2, 0) is 23.9 Å². The van der Waals surface area contributed by atoms with E-state index in [1.54, 1.807) is 19.9 Å². The number of carbonyl (C=O) groups is 3. The third kappa shape index (κ3) is 3.50. The van der Waals surface area contributed by atoms with Crippen molar-refractivity contribution in [1.82, 2.24) is 0 Å². The summed E-state index contributed by atoms with van der Waals surface area (Å²) in [5.41, 5.74) is -0.128. The van der Waals surface area contributed by atoms with E-state index in [4.69, 9.17) is 9.47 Å². The number of Topliss-reactive ketones (excluding diaryl/α,β-unsaturated/α-hetero) is 1. The highest BCUT2D eigenvalue weighted by Gasteiger charge is 2.62. The Hall–Kier alpha value is -2.21. The third-order valence-corrected chi connectivity index (χ3v) is 5.46.